The van der Waals surface area contributed by atoms with E-state index in [-0.39, 0.29) is 11.9 Å². The molecule has 0 radical (unpaired) electrons. The van der Waals surface area contributed by atoms with E-state index in [0.717, 1.165) is 41.4 Å². The summed E-state index contributed by atoms with van der Waals surface area (Å²) in [4.78, 5) is 12.7. The van der Waals surface area contributed by atoms with Crippen LogP contribution in [-0.4, -0.2) is 15.7 Å². The van der Waals surface area contributed by atoms with E-state index in [1.54, 1.807) is 0 Å². The minimum Gasteiger partial charge on any atom is -0.451 e. The number of furan rings is 1. The van der Waals surface area contributed by atoms with Gasteiger partial charge in [0.05, 0.1) is 12.2 Å². The number of carbonyl (C=O) groups excluding carboxylic acids is 1. The Morgan fingerprint density at radius 1 is 1.39 bits per heavy atom. The van der Waals surface area contributed by atoms with E-state index in [4.69, 9.17) is 4.42 Å². The Hall–Kier alpha value is -2.56. The number of hydrogen-bond donors (Lipinski definition) is 1. The molecule has 0 bridgehead atoms. The number of nitrogens with one attached hydrogen (secondary N) is 1. The van der Waals surface area contributed by atoms with Crippen molar-refractivity contribution in [3.8, 4) is 0 Å². The van der Waals surface area contributed by atoms with Crippen LogP contribution in [0, 0.1) is 6.92 Å². The molecule has 0 saturated carbocycles. The van der Waals surface area contributed by atoms with Crippen molar-refractivity contribution in [1.82, 2.24) is 15.1 Å². The molecule has 0 unspecified atom stereocenters. The Labute approximate surface area is 134 Å². The van der Waals surface area contributed by atoms with Crippen LogP contribution in [0.2, 0.25) is 0 Å². The molecule has 0 aliphatic heterocycles. The topological polar surface area (TPSA) is 60.1 Å². The first kappa shape index (κ1) is 14.1. The number of amides is 1. The Morgan fingerprint density at radius 3 is 3.04 bits per heavy atom. The summed E-state index contributed by atoms with van der Waals surface area (Å²) in [6.45, 7) is 1.93. The molecule has 1 amide bonds. The summed E-state index contributed by atoms with van der Waals surface area (Å²) in [7, 11) is 1.95. The summed E-state index contributed by atoms with van der Waals surface area (Å²) in [6.07, 6.45) is 4.87. The number of carbonyl (C=O) groups is 1. The van der Waals surface area contributed by atoms with Crippen LogP contribution in [0.15, 0.2) is 34.9 Å². The SMILES string of the molecule is Cc1c(C(=O)N[C@H]2CCCc3c2cnn3C)oc2ccccc12. The molecule has 4 rings (SSSR count). The largest absolute Gasteiger partial charge is 0.451 e. The van der Waals surface area contributed by atoms with Gasteiger partial charge in [0.15, 0.2) is 5.76 Å². The van der Waals surface area contributed by atoms with Gasteiger partial charge in [-0.15, -0.1) is 0 Å². The van der Waals surface area contributed by atoms with Crippen LogP contribution in [0.1, 0.15) is 46.3 Å². The summed E-state index contributed by atoms with van der Waals surface area (Å²) in [5.74, 6) is 0.252. The fourth-order valence-electron chi connectivity index (χ4n) is 3.47. The second kappa shape index (κ2) is 5.26. The Balaban J connectivity index is 1.64. The molecule has 3 aromatic rings. The van der Waals surface area contributed by atoms with Gasteiger partial charge in [-0.2, -0.15) is 5.10 Å². The van der Waals surface area contributed by atoms with Crippen molar-refractivity contribution in [3.63, 3.8) is 0 Å². The molecule has 1 N–H and O–H groups in total. The van der Waals surface area contributed by atoms with Crippen LogP contribution in [0.25, 0.3) is 11.0 Å². The first-order valence-electron chi connectivity index (χ1n) is 7.95. The van der Waals surface area contributed by atoms with Crippen molar-refractivity contribution < 1.29 is 9.21 Å². The summed E-state index contributed by atoms with van der Waals surface area (Å²) < 4.78 is 7.67. The van der Waals surface area contributed by atoms with Crippen molar-refractivity contribution in [2.45, 2.75) is 32.2 Å². The van der Waals surface area contributed by atoms with Gasteiger partial charge in [-0.3, -0.25) is 9.48 Å². The number of para-hydroxylation sites is 1. The zero-order valence-corrected chi connectivity index (χ0v) is 13.3. The van der Waals surface area contributed by atoms with Crippen LogP contribution in [0.4, 0.5) is 0 Å². The van der Waals surface area contributed by atoms with Crippen molar-refractivity contribution in [1.29, 1.82) is 0 Å². The predicted molar refractivity (Wildman–Crippen MR) is 87.3 cm³/mol. The lowest BCUT2D eigenvalue weighted by atomic mass is 9.93. The van der Waals surface area contributed by atoms with E-state index in [0.29, 0.717) is 5.76 Å². The van der Waals surface area contributed by atoms with Crippen molar-refractivity contribution in [2.24, 2.45) is 7.05 Å². The minimum absolute atomic E-state index is 0.00700. The van der Waals surface area contributed by atoms with Gasteiger partial charge in [-0.25, -0.2) is 0 Å². The van der Waals surface area contributed by atoms with Crippen LogP contribution < -0.4 is 5.32 Å². The molecular weight excluding hydrogens is 290 g/mol. The summed E-state index contributed by atoms with van der Waals surface area (Å²) in [5, 5.41) is 8.43. The van der Waals surface area contributed by atoms with Gasteiger partial charge in [-0.05, 0) is 32.3 Å². The first-order chi connectivity index (χ1) is 11.1. The third kappa shape index (κ3) is 2.23. The smallest absolute Gasteiger partial charge is 0.287 e. The van der Waals surface area contributed by atoms with Gasteiger partial charge >= 0.3 is 0 Å². The highest BCUT2D eigenvalue weighted by Gasteiger charge is 2.27. The van der Waals surface area contributed by atoms with E-state index in [1.165, 1.54) is 5.69 Å². The molecule has 1 aliphatic rings. The average Bonchev–Trinajstić information content (AvgIpc) is 3.10. The molecule has 1 atom stereocenters. The number of aromatic nitrogens is 2. The van der Waals surface area contributed by atoms with Gasteiger partial charge in [0.1, 0.15) is 5.58 Å². The van der Waals surface area contributed by atoms with Crippen molar-refractivity contribution in [2.75, 3.05) is 0 Å². The number of nitrogens with zero attached hydrogens (tertiary/aromatic N) is 2. The summed E-state index contributed by atoms with van der Waals surface area (Å²) in [5.41, 5.74) is 3.98. The van der Waals surface area contributed by atoms with Gasteiger partial charge in [0.25, 0.3) is 5.91 Å². The Morgan fingerprint density at radius 2 is 2.22 bits per heavy atom. The highest BCUT2D eigenvalue weighted by Crippen LogP contribution is 2.30. The number of benzene rings is 1. The zero-order valence-electron chi connectivity index (χ0n) is 13.3. The molecule has 0 spiro atoms. The van der Waals surface area contributed by atoms with Gasteiger partial charge in [0.2, 0.25) is 0 Å². The van der Waals surface area contributed by atoms with Crippen molar-refractivity contribution >= 4 is 16.9 Å². The summed E-state index contributed by atoms with van der Waals surface area (Å²) in [6, 6.07) is 7.74. The molecule has 5 nitrogen and oxygen atoms in total. The lowest BCUT2D eigenvalue weighted by molar-refractivity contribution is 0.0906. The van der Waals surface area contributed by atoms with E-state index >= 15 is 0 Å². The Bertz CT molecular complexity index is 891. The molecule has 2 heterocycles. The van der Waals surface area contributed by atoms with Gasteiger partial charge in [-0.1, -0.05) is 18.2 Å². The number of aryl methyl sites for hydroxylation is 2. The van der Waals surface area contributed by atoms with Crippen LogP contribution in [-0.2, 0) is 13.5 Å². The van der Waals surface area contributed by atoms with Gasteiger partial charge < -0.3 is 9.73 Å². The maximum Gasteiger partial charge on any atom is 0.287 e. The molecule has 23 heavy (non-hydrogen) atoms. The standard InChI is InChI=1S/C18H19N3O2/c1-11-12-6-3-4-9-16(12)23-17(11)18(22)20-14-7-5-8-15-13(14)10-19-21(15)2/h3-4,6,9-10,14H,5,7-8H2,1-2H3,(H,20,22)/t14-/m0/s1. The third-order valence-electron chi connectivity index (χ3n) is 4.73. The van der Waals surface area contributed by atoms with Crippen molar-refractivity contribution in [3.05, 3.63) is 53.0 Å². The second-order valence-corrected chi connectivity index (χ2v) is 6.14. The maximum atomic E-state index is 12.7. The zero-order chi connectivity index (χ0) is 16.0. The molecular formula is C18H19N3O2. The number of fused-ring (bicyclic) bond motifs is 2. The monoisotopic (exact) mass is 309 g/mol. The Kier molecular flexibility index (Phi) is 3.22. The highest BCUT2D eigenvalue weighted by molar-refractivity contribution is 5.99. The van der Waals surface area contributed by atoms with E-state index < -0.39 is 0 Å². The molecule has 0 saturated heterocycles. The normalized spacial score (nSPS) is 17.2. The fraction of sp³-hybridized carbons (Fsp3) is 0.333. The molecule has 1 aromatic carbocycles. The highest BCUT2D eigenvalue weighted by atomic mass is 16.3. The molecule has 0 fully saturated rings. The fourth-order valence-corrected chi connectivity index (χ4v) is 3.47. The quantitative estimate of drug-likeness (QED) is 0.790. The maximum absolute atomic E-state index is 12.7. The van der Waals surface area contributed by atoms with E-state index in [9.17, 15) is 4.79 Å². The minimum atomic E-state index is -0.152. The molecule has 2 aromatic heterocycles. The molecule has 1 aliphatic carbocycles. The van der Waals surface area contributed by atoms with Crippen LogP contribution >= 0.6 is 0 Å². The lowest BCUT2D eigenvalue weighted by Gasteiger charge is -2.23. The molecule has 118 valence electrons. The van der Waals surface area contributed by atoms with Crippen LogP contribution in [0.3, 0.4) is 0 Å². The predicted octanol–water partition coefficient (Wildman–Crippen LogP) is 3.28. The average molecular weight is 309 g/mol. The molecule has 5 heteroatoms. The number of rotatable bonds is 2. The van der Waals surface area contributed by atoms with E-state index in [2.05, 4.69) is 10.4 Å². The summed E-state index contributed by atoms with van der Waals surface area (Å²) >= 11 is 0. The number of hydrogen-bond acceptors (Lipinski definition) is 3. The lowest BCUT2D eigenvalue weighted by Crippen LogP contribution is -2.31. The third-order valence-corrected chi connectivity index (χ3v) is 4.73. The van der Waals surface area contributed by atoms with Crippen LogP contribution in [0.5, 0.6) is 0 Å². The van der Waals surface area contributed by atoms with E-state index in [1.807, 2.05) is 49.1 Å². The second-order valence-electron chi connectivity index (χ2n) is 6.14. The first-order valence-corrected chi connectivity index (χ1v) is 7.95. The van der Waals surface area contributed by atoms with Gasteiger partial charge in [0, 0.05) is 29.3 Å².